The van der Waals surface area contributed by atoms with Crippen molar-refractivity contribution < 1.29 is 19.4 Å². The van der Waals surface area contributed by atoms with Crippen LogP contribution in [0.5, 0.6) is 11.5 Å². The van der Waals surface area contributed by atoms with Crippen LogP contribution in [0.2, 0.25) is 5.02 Å². The second-order valence-electron chi connectivity index (χ2n) is 6.45. The summed E-state index contributed by atoms with van der Waals surface area (Å²) in [5, 5.41) is 12.7. The number of anilines is 1. The first-order valence-electron chi connectivity index (χ1n) is 8.81. The number of benzene rings is 2. The molecule has 1 saturated heterocycles. The van der Waals surface area contributed by atoms with Crippen LogP contribution in [0.3, 0.4) is 0 Å². The molecule has 8 heteroatoms. The molecule has 0 saturated carbocycles. The van der Waals surface area contributed by atoms with E-state index in [0.29, 0.717) is 35.2 Å². The number of ether oxygens (including phenoxy) is 1. The van der Waals surface area contributed by atoms with Gasteiger partial charge in [-0.25, -0.2) is 0 Å². The van der Waals surface area contributed by atoms with Gasteiger partial charge < -0.3 is 15.2 Å². The zero-order valence-corrected chi connectivity index (χ0v) is 16.7. The lowest BCUT2D eigenvalue weighted by Gasteiger charge is -2.32. The van der Waals surface area contributed by atoms with Crippen LogP contribution in [0, 0.1) is 0 Å². The number of nitrogens with zero attached hydrogens (tertiary/aromatic N) is 1. The van der Waals surface area contributed by atoms with Crippen LogP contribution in [0.4, 0.5) is 5.69 Å². The predicted octanol–water partition coefficient (Wildman–Crippen LogP) is 4.43. The van der Waals surface area contributed by atoms with Crippen molar-refractivity contribution >= 4 is 41.6 Å². The van der Waals surface area contributed by atoms with Crippen LogP contribution < -0.4 is 10.1 Å². The van der Waals surface area contributed by atoms with E-state index >= 15 is 0 Å². The van der Waals surface area contributed by atoms with Crippen molar-refractivity contribution in [3.8, 4) is 11.5 Å². The normalized spacial score (nSPS) is 16.7. The van der Waals surface area contributed by atoms with Gasteiger partial charge in [0.15, 0.2) is 0 Å². The molecule has 1 aliphatic rings. The molecule has 0 aliphatic carbocycles. The van der Waals surface area contributed by atoms with Gasteiger partial charge in [-0.1, -0.05) is 24.1 Å². The highest BCUT2D eigenvalue weighted by Gasteiger charge is 2.29. The molecule has 0 spiro atoms. The molecule has 1 unspecified atom stereocenters. The molecule has 2 N–H and O–H groups in total. The molecule has 0 bridgehead atoms. The molecule has 1 fully saturated rings. The highest BCUT2D eigenvalue weighted by molar-refractivity contribution is 6.30. The second kappa shape index (κ2) is 10.3. The molecule has 6 nitrogen and oxygen atoms in total. The summed E-state index contributed by atoms with van der Waals surface area (Å²) < 4.78 is 5.71. The van der Waals surface area contributed by atoms with Gasteiger partial charge in [-0.15, -0.1) is 12.4 Å². The molecule has 0 radical (unpaired) electrons. The zero-order chi connectivity index (χ0) is 19.2. The number of carboxylic acid groups (broad SMARTS) is 1. The number of rotatable bonds is 6. The fourth-order valence-corrected chi connectivity index (χ4v) is 3.30. The fourth-order valence-electron chi connectivity index (χ4n) is 3.12. The Morgan fingerprint density at radius 3 is 2.57 bits per heavy atom. The van der Waals surface area contributed by atoms with Crippen molar-refractivity contribution in [2.75, 3.05) is 18.4 Å². The Kier molecular flexibility index (Phi) is 8.11. The van der Waals surface area contributed by atoms with Crippen LogP contribution in [0.15, 0.2) is 48.5 Å². The van der Waals surface area contributed by atoms with Crippen molar-refractivity contribution in [3.63, 3.8) is 0 Å². The van der Waals surface area contributed by atoms with Crippen molar-refractivity contribution in [2.24, 2.45) is 0 Å². The fraction of sp³-hybridized carbons (Fsp3) is 0.300. The third kappa shape index (κ3) is 6.12. The van der Waals surface area contributed by atoms with Gasteiger partial charge >= 0.3 is 5.97 Å². The number of piperidine rings is 1. The summed E-state index contributed by atoms with van der Waals surface area (Å²) >= 11 is 5.94. The van der Waals surface area contributed by atoms with Crippen LogP contribution in [0.1, 0.15) is 19.3 Å². The summed E-state index contributed by atoms with van der Waals surface area (Å²) in [5.41, 5.74) is 0.627. The van der Waals surface area contributed by atoms with Gasteiger partial charge in [-0.2, -0.15) is 0 Å². The summed E-state index contributed by atoms with van der Waals surface area (Å²) in [7, 11) is 0. The molecule has 1 atom stereocenters. The molecule has 3 rings (SSSR count). The minimum absolute atomic E-state index is 0. The van der Waals surface area contributed by atoms with E-state index in [2.05, 4.69) is 5.32 Å². The maximum absolute atomic E-state index is 12.3. The average Bonchev–Trinajstić information content (AvgIpc) is 2.63. The van der Waals surface area contributed by atoms with E-state index in [1.54, 1.807) is 53.4 Å². The number of hydrogen-bond donors (Lipinski definition) is 2. The summed E-state index contributed by atoms with van der Waals surface area (Å²) in [5.74, 6) is 0.151. The smallest absolute Gasteiger partial charge is 0.320 e. The molecule has 1 amide bonds. The minimum Gasteiger partial charge on any atom is -0.480 e. The first-order chi connectivity index (χ1) is 13.0. The molecule has 1 heterocycles. The number of carbonyl (C=O) groups excluding carboxylic acids is 1. The van der Waals surface area contributed by atoms with E-state index in [9.17, 15) is 14.7 Å². The van der Waals surface area contributed by atoms with Crippen LogP contribution in [-0.2, 0) is 9.59 Å². The van der Waals surface area contributed by atoms with E-state index in [1.165, 1.54) is 0 Å². The topological polar surface area (TPSA) is 78.9 Å². The molecule has 2 aromatic carbocycles. The number of halogens is 2. The number of amides is 1. The number of carbonyl (C=O) groups is 2. The SMILES string of the molecule is Cl.O=C(CN1CCCCC1C(=O)O)Nc1ccc(Oc2cccc(Cl)c2)cc1. The first-order valence-corrected chi connectivity index (χ1v) is 9.19. The van der Waals surface area contributed by atoms with E-state index in [4.69, 9.17) is 16.3 Å². The zero-order valence-electron chi connectivity index (χ0n) is 15.1. The van der Waals surface area contributed by atoms with Crippen molar-refractivity contribution in [1.82, 2.24) is 4.90 Å². The lowest BCUT2D eigenvalue weighted by atomic mass is 10.0. The second-order valence-corrected chi connectivity index (χ2v) is 6.89. The Morgan fingerprint density at radius 2 is 1.89 bits per heavy atom. The number of hydrogen-bond acceptors (Lipinski definition) is 4. The van der Waals surface area contributed by atoms with Gasteiger partial charge in [0.2, 0.25) is 5.91 Å². The van der Waals surface area contributed by atoms with Crippen molar-refractivity contribution in [1.29, 1.82) is 0 Å². The van der Waals surface area contributed by atoms with Gasteiger partial charge in [-0.05, 0) is 61.9 Å². The van der Waals surface area contributed by atoms with E-state index in [-0.39, 0.29) is 24.9 Å². The standard InChI is InChI=1S/C20H21ClN2O4.ClH/c21-14-4-3-5-17(12-14)27-16-9-7-15(8-10-16)22-19(24)13-23-11-2-1-6-18(23)20(25)26;/h3-5,7-10,12,18H,1-2,6,11,13H2,(H,22,24)(H,25,26);1H. The van der Waals surface area contributed by atoms with Crippen molar-refractivity contribution in [2.45, 2.75) is 25.3 Å². The molecule has 150 valence electrons. The molecular weight excluding hydrogens is 403 g/mol. The van der Waals surface area contributed by atoms with E-state index < -0.39 is 12.0 Å². The Hall–Kier alpha value is -2.28. The van der Waals surface area contributed by atoms with Gasteiger partial charge in [0.25, 0.3) is 0 Å². The highest BCUT2D eigenvalue weighted by atomic mass is 35.5. The average molecular weight is 425 g/mol. The maximum Gasteiger partial charge on any atom is 0.320 e. The van der Waals surface area contributed by atoms with Crippen LogP contribution >= 0.6 is 24.0 Å². The molecule has 0 aromatic heterocycles. The number of nitrogens with one attached hydrogen (secondary N) is 1. The minimum atomic E-state index is -0.870. The molecule has 2 aromatic rings. The Bertz CT molecular complexity index is 814. The largest absolute Gasteiger partial charge is 0.480 e. The van der Waals surface area contributed by atoms with E-state index in [0.717, 1.165) is 12.8 Å². The third-order valence-corrected chi connectivity index (χ3v) is 4.65. The van der Waals surface area contributed by atoms with Gasteiger partial charge in [-0.3, -0.25) is 14.5 Å². The third-order valence-electron chi connectivity index (χ3n) is 4.42. The number of aliphatic carboxylic acids is 1. The number of carboxylic acids is 1. The summed E-state index contributed by atoms with van der Waals surface area (Å²) in [6, 6.07) is 13.5. The Morgan fingerprint density at radius 1 is 1.14 bits per heavy atom. The first kappa shape index (κ1) is 22.0. The van der Waals surface area contributed by atoms with Gasteiger partial charge in [0.1, 0.15) is 17.5 Å². The lowest BCUT2D eigenvalue weighted by molar-refractivity contribution is -0.145. The monoisotopic (exact) mass is 424 g/mol. The Balaban J connectivity index is 0.00000280. The molecule has 1 aliphatic heterocycles. The van der Waals surface area contributed by atoms with Crippen LogP contribution in [-0.4, -0.2) is 41.0 Å². The van der Waals surface area contributed by atoms with E-state index in [1.807, 2.05) is 0 Å². The van der Waals surface area contributed by atoms with Gasteiger partial charge in [0.05, 0.1) is 6.54 Å². The van der Waals surface area contributed by atoms with Gasteiger partial charge in [0, 0.05) is 10.7 Å². The quantitative estimate of drug-likeness (QED) is 0.716. The number of likely N-dealkylation sites (tertiary alicyclic amines) is 1. The van der Waals surface area contributed by atoms with Crippen molar-refractivity contribution in [3.05, 3.63) is 53.6 Å². The lowest BCUT2D eigenvalue weighted by Crippen LogP contribution is -2.47. The maximum atomic E-state index is 12.3. The molecule has 28 heavy (non-hydrogen) atoms. The summed E-state index contributed by atoms with van der Waals surface area (Å²) in [4.78, 5) is 25.3. The highest BCUT2D eigenvalue weighted by Crippen LogP contribution is 2.25. The summed E-state index contributed by atoms with van der Waals surface area (Å²) in [6.07, 6.45) is 2.37. The summed E-state index contributed by atoms with van der Waals surface area (Å²) in [6.45, 7) is 0.689. The molecular formula is C20H22Cl2N2O4. The predicted molar refractivity (Wildman–Crippen MR) is 111 cm³/mol. The Labute approximate surface area is 174 Å². The van der Waals surface area contributed by atoms with Crippen LogP contribution in [0.25, 0.3) is 0 Å².